The van der Waals surface area contributed by atoms with Crippen LogP contribution in [0.1, 0.15) is 95.9 Å². The van der Waals surface area contributed by atoms with Crippen molar-refractivity contribution in [2.45, 2.75) is 108 Å². The van der Waals surface area contributed by atoms with E-state index in [1.165, 1.54) is 0 Å². The number of carbonyl (C=O) groups is 2. The molecule has 0 amide bonds. The van der Waals surface area contributed by atoms with Crippen molar-refractivity contribution in [3.63, 3.8) is 0 Å². The van der Waals surface area contributed by atoms with Gasteiger partial charge in [0.05, 0.1) is 0 Å². The van der Waals surface area contributed by atoms with Gasteiger partial charge in [-0.25, -0.2) is 0 Å². The zero-order valence-corrected chi connectivity index (χ0v) is 30.4. The van der Waals surface area contributed by atoms with Crippen molar-refractivity contribution in [1.29, 1.82) is 0 Å². The Morgan fingerprint density at radius 1 is 0.565 bits per heavy atom. The van der Waals surface area contributed by atoms with E-state index in [0.29, 0.717) is 24.0 Å². The predicted octanol–water partition coefficient (Wildman–Crippen LogP) is 9.93. The monoisotopic (exact) mass is 626 g/mol. The van der Waals surface area contributed by atoms with E-state index in [0.717, 1.165) is 33.4 Å². The van der Waals surface area contributed by atoms with Gasteiger partial charge in [-0.1, -0.05) is 149 Å². The molecule has 0 heterocycles. The third kappa shape index (κ3) is 12.3. The molecule has 4 heteroatoms. The Morgan fingerprint density at radius 3 is 1.17 bits per heavy atom. The van der Waals surface area contributed by atoms with Crippen LogP contribution in [0.25, 0.3) is 0 Å². The Kier molecular flexibility index (Phi) is 16.3. The molecule has 0 saturated carbocycles. The number of ketones is 2. The molecular weight excluding hydrogens is 568 g/mol. The van der Waals surface area contributed by atoms with E-state index < -0.39 is 12.2 Å². The molecular formula is C42H58O4. The number of carbonyl (C=O) groups excluding carboxylic acids is 2. The van der Waals surface area contributed by atoms with Crippen LogP contribution in [0.2, 0.25) is 0 Å². The van der Waals surface area contributed by atoms with Gasteiger partial charge in [0, 0.05) is 0 Å². The molecule has 2 aliphatic rings. The van der Waals surface area contributed by atoms with E-state index in [-0.39, 0.29) is 22.4 Å². The van der Waals surface area contributed by atoms with Crippen LogP contribution in [0.3, 0.4) is 0 Å². The average Bonchev–Trinajstić information content (AvgIpc) is 2.97. The number of hydrogen-bond donors (Lipinski definition) is 2. The number of aliphatic hydroxyl groups is 2. The molecule has 250 valence electrons. The Balaban J connectivity index is 0.00000518. The minimum absolute atomic E-state index is 0.175. The molecule has 2 aliphatic carbocycles. The second-order valence-corrected chi connectivity index (χ2v) is 13.4. The zero-order chi connectivity index (χ0) is 35.2. The minimum atomic E-state index is -0.907. The standard InChI is InChI=1S/C40H52O4.C2H6/c1-27(17-13-19-29(3)21-23-33-31(5)37(43)35(41)25-39(33,7)8)15-11-12-16-28(2)18-14-20-30(4)22-24-34-32(6)38(44)36(42)26-40(34,9)10;1-2/h11-24,35-36,41-42H,25-26H2,1-10H3;1-2H3/b12-11+,17-13+,18-14+,23-21+,24-22+,27-15+,28-16+,29-19+,30-20+;. The van der Waals surface area contributed by atoms with Gasteiger partial charge in [0.2, 0.25) is 0 Å². The second kappa shape index (κ2) is 18.5. The highest BCUT2D eigenvalue weighted by molar-refractivity contribution is 6.01. The Hall–Kier alpha value is -3.60. The molecule has 0 radical (unpaired) electrons. The molecule has 2 unspecified atom stereocenters. The maximum atomic E-state index is 12.2. The first-order valence-electron chi connectivity index (χ1n) is 16.4. The van der Waals surface area contributed by atoms with Gasteiger partial charge in [0.25, 0.3) is 0 Å². The summed E-state index contributed by atoms with van der Waals surface area (Å²) in [5, 5.41) is 20.0. The van der Waals surface area contributed by atoms with Crippen molar-refractivity contribution in [1.82, 2.24) is 0 Å². The lowest BCUT2D eigenvalue weighted by molar-refractivity contribution is -0.126. The van der Waals surface area contributed by atoms with Crippen LogP contribution < -0.4 is 0 Å². The lowest BCUT2D eigenvalue weighted by Gasteiger charge is -2.34. The van der Waals surface area contributed by atoms with E-state index in [4.69, 9.17) is 0 Å². The van der Waals surface area contributed by atoms with Crippen molar-refractivity contribution in [3.8, 4) is 0 Å². The maximum absolute atomic E-state index is 12.2. The molecule has 0 fully saturated rings. The lowest BCUT2D eigenvalue weighted by Crippen LogP contribution is -2.35. The molecule has 2 atom stereocenters. The minimum Gasteiger partial charge on any atom is -0.385 e. The van der Waals surface area contributed by atoms with Gasteiger partial charge in [0.15, 0.2) is 11.6 Å². The molecule has 0 aromatic rings. The van der Waals surface area contributed by atoms with Gasteiger partial charge in [-0.3, -0.25) is 9.59 Å². The van der Waals surface area contributed by atoms with Crippen molar-refractivity contribution < 1.29 is 19.8 Å². The van der Waals surface area contributed by atoms with Gasteiger partial charge in [-0.05, 0) is 87.5 Å². The SMILES string of the molecule is CC.CC1=C(/C=C/C(C)=C/C=C/C(C)=C/C=C/C=C(C)/C=C/C=C(C)/C=C/C2=C(C)C(=O)C(O)CC2(C)C)C(C)(C)CC(O)C1=O. The molecule has 0 saturated heterocycles. The average molecular weight is 627 g/mol. The highest BCUT2D eigenvalue weighted by atomic mass is 16.3. The first kappa shape index (κ1) is 40.4. The number of Topliss-reactive ketones (excluding diaryl/α,β-unsaturated/α-hetero) is 2. The second-order valence-electron chi connectivity index (χ2n) is 13.4. The zero-order valence-electron chi connectivity index (χ0n) is 30.4. The number of aliphatic hydroxyl groups excluding tert-OH is 2. The fourth-order valence-corrected chi connectivity index (χ4v) is 5.62. The molecule has 2 N–H and O–H groups in total. The Labute approximate surface area is 279 Å². The molecule has 0 aliphatic heterocycles. The van der Waals surface area contributed by atoms with Gasteiger partial charge in [-0.15, -0.1) is 0 Å². The molecule has 46 heavy (non-hydrogen) atoms. The van der Waals surface area contributed by atoms with Crippen molar-refractivity contribution in [2.75, 3.05) is 0 Å². The quantitative estimate of drug-likeness (QED) is 0.237. The maximum Gasteiger partial charge on any atom is 0.187 e. The van der Waals surface area contributed by atoms with Gasteiger partial charge in [-0.2, -0.15) is 0 Å². The summed E-state index contributed by atoms with van der Waals surface area (Å²) in [4.78, 5) is 24.5. The Morgan fingerprint density at radius 2 is 0.848 bits per heavy atom. The summed E-state index contributed by atoms with van der Waals surface area (Å²) >= 11 is 0. The van der Waals surface area contributed by atoms with E-state index in [2.05, 4.69) is 65.8 Å². The van der Waals surface area contributed by atoms with E-state index in [1.807, 2.05) is 88.5 Å². The normalized spacial score (nSPS) is 23.6. The highest BCUT2D eigenvalue weighted by Gasteiger charge is 2.37. The van der Waals surface area contributed by atoms with Gasteiger partial charge >= 0.3 is 0 Å². The lowest BCUT2D eigenvalue weighted by atomic mass is 9.71. The molecule has 2 rings (SSSR count). The summed E-state index contributed by atoms with van der Waals surface area (Å²) in [6, 6.07) is 0. The first-order chi connectivity index (χ1) is 21.5. The van der Waals surface area contributed by atoms with Crippen LogP contribution in [0.5, 0.6) is 0 Å². The topological polar surface area (TPSA) is 74.6 Å². The van der Waals surface area contributed by atoms with E-state index >= 15 is 0 Å². The number of rotatable bonds is 10. The third-order valence-corrected chi connectivity index (χ3v) is 8.31. The molecule has 4 nitrogen and oxygen atoms in total. The van der Waals surface area contributed by atoms with E-state index in [9.17, 15) is 19.8 Å². The fourth-order valence-electron chi connectivity index (χ4n) is 5.62. The summed E-state index contributed by atoms with van der Waals surface area (Å²) in [5.41, 5.74) is 7.16. The van der Waals surface area contributed by atoms with Crippen molar-refractivity contribution in [2.24, 2.45) is 10.8 Å². The van der Waals surface area contributed by atoms with Crippen LogP contribution in [-0.4, -0.2) is 34.0 Å². The number of hydrogen-bond acceptors (Lipinski definition) is 4. The third-order valence-electron chi connectivity index (χ3n) is 8.31. The molecule has 0 aromatic carbocycles. The fraction of sp³-hybridized carbons (Fsp3) is 0.429. The summed E-state index contributed by atoms with van der Waals surface area (Å²) in [6.45, 7) is 24.0. The first-order valence-corrected chi connectivity index (χ1v) is 16.4. The van der Waals surface area contributed by atoms with E-state index in [1.54, 1.807) is 13.8 Å². The molecule has 0 bridgehead atoms. The van der Waals surface area contributed by atoms with Crippen LogP contribution in [-0.2, 0) is 9.59 Å². The van der Waals surface area contributed by atoms with Crippen LogP contribution in [0, 0.1) is 10.8 Å². The predicted molar refractivity (Wildman–Crippen MR) is 196 cm³/mol. The van der Waals surface area contributed by atoms with Crippen molar-refractivity contribution >= 4 is 11.6 Å². The smallest absolute Gasteiger partial charge is 0.187 e. The highest BCUT2D eigenvalue weighted by Crippen LogP contribution is 2.40. The molecule has 0 spiro atoms. The summed E-state index contributed by atoms with van der Waals surface area (Å²) in [5.74, 6) is -0.350. The molecule has 0 aromatic heterocycles. The summed E-state index contributed by atoms with van der Waals surface area (Å²) in [7, 11) is 0. The van der Waals surface area contributed by atoms with Gasteiger partial charge < -0.3 is 10.2 Å². The van der Waals surface area contributed by atoms with Gasteiger partial charge in [0.1, 0.15) is 12.2 Å². The van der Waals surface area contributed by atoms with Crippen LogP contribution in [0.15, 0.2) is 130 Å². The summed E-state index contributed by atoms with van der Waals surface area (Å²) < 4.78 is 0. The largest absolute Gasteiger partial charge is 0.385 e. The summed E-state index contributed by atoms with van der Waals surface area (Å²) in [6.07, 6.45) is 27.5. The Bertz CT molecular complexity index is 1340. The van der Waals surface area contributed by atoms with Crippen molar-refractivity contribution in [3.05, 3.63) is 130 Å². The number of allylic oxidation sites excluding steroid dienone is 20. The van der Waals surface area contributed by atoms with Crippen LogP contribution in [0.4, 0.5) is 0 Å². The van der Waals surface area contributed by atoms with Crippen LogP contribution >= 0.6 is 0 Å².